The Bertz CT molecular complexity index is 647. The number of anilines is 1. The fourth-order valence-corrected chi connectivity index (χ4v) is 3.13. The normalized spacial score (nSPS) is 18.0. The number of nitrogen functional groups attached to an aromatic ring is 1. The summed E-state index contributed by atoms with van der Waals surface area (Å²) < 4.78 is 6.05. The van der Waals surface area contributed by atoms with E-state index >= 15 is 0 Å². The average molecular weight is 273 g/mol. The Morgan fingerprint density at radius 3 is 2.84 bits per heavy atom. The number of carbonyl (C=O) groups excluding carboxylic acids is 1. The number of ketones is 1. The molecule has 2 aromatic rings. The van der Waals surface area contributed by atoms with Crippen molar-refractivity contribution in [2.24, 2.45) is 0 Å². The van der Waals surface area contributed by atoms with Crippen LogP contribution in [0, 0.1) is 13.8 Å². The van der Waals surface area contributed by atoms with Gasteiger partial charge >= 0.3 is 0 Å². The van der Waals surface area contributed by atoms with Gasteiger partial charge in [0.2, 0.25) is 0 Å². The summed E-state index contributed by atoms with van der Waals surface area (Å²) in [6, 6.07) is 5.72. The Morgan fingerprint density at radius 2 is 2.16 bits per heavy atom. The first-order valence-corrected chi connectivity index (χ1v) is 7.09. The van der Waals surface area contributed by atoms with E-state index in [2.05, 4.69) is 0 Å². The zero-order valence-electron chi connectivity index (χ0n) is 10.9. The monoisotopic (exact) mass is 273 g/mol. The molecule has 0 amide bonds. The number of hydrogen-bond donors (Lipinski definition) is 1. The van der Waals surface area contributed by atoms with Crippen molar-refractivity contribution in [3.63, 3.8) is 0 Å². The first-order valence-electron chi connectivity index (χ1n) is 6.21. The highest BCUT2D eigenvalue weighted by molar-refractivity contribution is 7.10. The first-order chi connectivity index (χ1) is 9.08. The maximum atomic E-state index is 12.3. The van der Waals surface area contributed by atoms with Gasteiger partial charge in [-0.2, -0.15) is 0 Å². The summed E-state index contributed by atoms with van der Waals surface area (Å²) in [5.74, 6) is 0.802. The van der Waals surface area contributed by atoms with Crippen molar-refractivity contribution < 1.29 is 9.53 Å². The molecular weight excluding hydrogens is 258 g/mol. The summed E-state index contributed by atoms with van der Waals surface area (Å²) in [6.45, 7) is 3.90. The molecular formula is C15H15NO2S. The molecule has 0 saturated carbocycles. The standard InChI is InChI=1S/C15H15NO2S/c1-8-9(2)15-10(6-11(8)16)12(17)7-13(18-15)14-4-3-5-19-14/h3-6,13H,7,16H2,1-2H3. The van der Waals surface area contributed by atoms with Crippen molar-refractivity contribution in [2.75, 3.05) is 5.73 Å². The van der Waals surface area contributed by atoms with Gasteiger partial charge in [0.25, 0.3) is 0 Å². The second-order valence-corrected chi connectivity index (χ2v) is 5.82. The van der Waals surface area contributed by atoms with Crippen LogP contribution in [0.5, 0.6) is 5.75 Å². The molecule has 4 heteroatoms. The van der Waals surface area contributed by atoms with Gasteiger partial charge in [0.1, 0.15) is 11.9 Å². The third-order valence-electron chi connectivity index (χ3n) is 3.67. The third-order valence-corrected chi connectivity index (χ3v) is 4.64. The molecule has 1 aliphatic rings. The van der Waals surface area contributed by atoms with Crippen LogP contribution in [0.4, 0.5) is 5.69 Å². The predicted octanol–water partition coefficient (Wildman–Crippen LogP) is 3.65. The van der Waals surface area contributed by atoms with Crippen LogP contribution in [0.1, 0.15) is 38.9 Å². The molecule has 1 aromatic carbocycles. The molecule has 1 aromatic heterocycles. The van der Waals surface area contributed by atoms with Crippen LogP contribution in [0.2, 0.25) is 0 Å². The highest BCUT2D eigenvalue weighted by atomic mass is 32.1. The Morgan fingerprint density at radius 1 is 1.37 bits per heavy atom. The summed E-state index contributed by atoms with van der Waals surface area (Å²) in [6.07, 6.45) is 0.219. The summed E-state index contributed by atoms with van der Waals surface area (Å²) >= 11 is 1.62. The van der Waals surface area contributed by atoms with E-state index in [1.807, 2.05) is 31.4 Å². The van der Waals surface area contributed by atoms with Crippen LogP contribution < -0.4 is 10.5 Å². The molecule has 0 fully saturated rings. The zero-order chi connectivity index (χ0) is 13.6. The van der Waals surface area contributed by atoms with Crippen molar-refractivity contribution in [1.82, 2.24) is 0 Å². The number of ether oxygens (including phenoxy) is 1. The number of Topliss-reactive ketones (excluding diaryl/α,β-unsaturated/α-hetero) is 1. The number of fused-ring (bicyclic) bond motifs is 1. The van der Waals surface area contributed by atoms with Gasteiger partial charge < -0.3 is 10.5 Å². The van der Waals surface area contributed by atoms with E-state index in [-0.39, 0.29) is 11.9 Å². The molecule has 1 unspecified atom stereocenters. The lowest BCUT2D eigenvalue weighted by Crippen LogP contribution is -2.21. The molecule has 1 atom stereocenters. The zero-order valence-corrected chi connectivity index (χ0v) is 11.7. The van der Waals surface area contributed by atoms with Gasteiger partial charge in [0.15, 0.2) is 5.78 Å². The first kappa shape index (κ1) is 12.2. The highest BCUT2D eigenvalue weighted by Crippen LogP contribution is 2.40. The number of hydrogen-bond acceptors (Lipinski definition) is 4. The van der Waals surface area contributed by atoms with E-state index < -0.39 is 0 Å². The second-order valence-electron chi connectivity index (χ2n) is 4.84. The Hall–Kier alpha value is -1.81. The van der Waals surface area contributed by atoms with Crippen LogP contribution in [-0.2, 0) is 0 Å². The van der Waals surface area contributed by atoms with Crippen molar-refractivity contribution >= 4 is 22.8 Å². The SMILES string of the molecule is Cc1c(N)cc2c(c1C)OC(c1cccs1)CC2=O. The fourth-order valence-electron chi connectivity index (χ4n) is 2.37. The lowest BCUT2D eigenvalue weighted by Gasteiger charge is -2.27. The van der Waals surface area contributed by atoms with Crippen LogP contribution in [-0.4, -0.2) is 5.78 Å². The highest BCUT2D eigenvalue weighted by Gasteiger charge is 2.30. The summed E-state index contributed by atoms with van der Waals surface area (Å²) in [7, 11) is 0. The maximum Gasteiger partial charge on any atom is 0.170 e. The van der Waals surface area contributed by atoms with Crippen molar-refractivity contribution in [1.29, 1.82) is 0 Å². The quantitative estimate of drug-likeness (QED) is 0.807. The molecule has 0 aliphatic carbocycles. The molecule has 3 nitrogen and oxygen atoms in total. The van der Waals surface area contributed by atoms with Crippen molar-refractivity contribution in [3.8, 4) is 5.75 Å². The number of thiophene rings is 1. The number of nitrogens with two attached hydrogens (primary N) is 1. The number of benzene rings is 1. The minimum Gasteiger partial charge on any atom is -0.483 e. The summed E-state index contributed by atoms with van der Waals surface area (Å²) in [5.41, 5.74) is 9.15. The van der Waals surface area contributed by atoms with Crippen molar-refractivity contribution in [3.05, 3.63) is 45.1 Å². The lowest BCUT2D eigenvalue weighted by atomic mass is 9.94. The largest absolute Gasteiger partial charge is 0.483 e. The lowest BCUT2D eigenvalue weighted by molar-refractivity contribution is 0.0852. The van der Waals surface area contributed by atoms with E-state index in [0.717, 1.165) is 16.0 Å². The van der Waals surface area contributed by atoms with Gasteiger partial charge in [-0.3, -0.25) is 4.79 Å². The second kappa shape index (κ2) is 4.38. The Balaban J connectivity index is 2.09. The molecule has 2 N–H and O–H groups in total. The summed E-state index contributed by atoms with van der Waals surface area (Å²) in [4.78, 5) is 13.4. The minimum absolute atomic E-state index is 0.106. The van der Waals surface area contributed by atoms with Crippen LogP contribution in [0.3, 0.4) is 0 Å². The van der Waals surface area contributed by atoms with E-state index in [4.69, 9.17) is 10.5 Å². The number of carbonyl (C=O) groups is 1. The van der Waals surface area contributed by atoms with Crippen molar-refractivity contribution in [2.45, 2.75) is 26.4 Å². The molecule has 98 valence electrons. The van der Waals surface area contributed by atoms with E-state index in [1.165, 1.54) is 0 Å². The number of rotatable bonds is 1. The summed E-state index contributed by atoms with van der Waals surface area (Å²) in [5, 5.41) is 2.00. The molecule has 3 rings (SSSR count). The van der Waals surface area contributed by atoms with Gasteiger partial charge in [-0.15, -0.1) is 11.3 Å². The van der Waals surface area contributed by atoms with Gasteiger partial charge in [-0.1, -0.05) is 6.07 Å². The van der Waals surface area contributed by atoms with Gasteiger partial charge in [0.05, 0.1) is 12.0 Å². The smallest absolute Gasteiger partial charge is 0.170 e. The van der Waals surface area contributed by atoms with E-state index in [9.17, 15) is 4.79 Å². The van der Waals surface area contributed by atoms with Crippen LogP contribution in [0.25, 0.3) is 0 Å². The average Bonchev–Trinajstić information content (AvgIpc) is 2.91. The van der Waals surface area contributed by atoms with Crippen LogP contribution in [0.15, 0.2) is 23.6 Å². The van der Waals surface area contributed by atoms with E-state index in [1.54, 1.807) is 17.4 Å². The topological polar surface area (TPSA) is 52.3 Å². The molecule has 2 heterocycles. The van der Waals surface area contributed by atoms with Gasteiger partial charge in [-0.05, 0) is 42.5 Å². The third kappa shape index (κ3) is 1.92. The molecule has 0 saturated heterocycles. The molecule has 19 heavy (non-hydrogen) atoms. The van der Waals surface area contributed by atoms with Crippen LogP contribution >= 0.6 is 11.3 Å². The van der Waals surface area contributed by atoms with Gasteiger partial charge in [0, 0.05) is 10.6 Å². The predicted molar refractivity (Wildman–Crippen MR) is 77.0 cm³/mol. The maximum absolute atomic E-state index is 12.3. The Kier molecular flexibility index (Phi) is 2.82. The molecule has 0 bridgehead atoms. The molecule has 0 radical (unpaired) electrons. The van der Waals surface area contributed by atoms with E-state index in [0.29, 0.717) is 23.4 Å². The van der Waals surface area contributed by atoms with Gasteiger partial charge in [-0.25, -0.2) is 0 Å². The molecule has 0 spiro atoms. The molecule has 1 aliphatic heterocycles. The fraction of sp³-hybridized carbons (Fsp3) is 0.267. The minimum atomic E-state index is -0.165. The Labute approximate surface area is 116 Å².